The molecule has 0 radical (unpaired) electrons. The van der Waals surface area contributed by atoms with Gasteiger partial charge in [-0.2, -0.15) is 0 Å². The van der Waals surface area contributed by atoms with E-state index in [9.17, 15) is 24.0 Å². The Kier molecular flexibility index (Phi) is 14.5. The summed E-state index contributed by atoms with van der Waals surface area (Å²) in [5.41, 5.74) is 5.64. The van der Waals surface area contributed by atoms with Crippen molar-refractivity contribution in [3.63, 3.8) is 0 Å². The maximum atomic E-state index is 13.6. The Morgan fingerprint density at radius 1 is 0.650 bits per heavy atom. The number of nitrogens with zero attached hydrogens (tertiary/aromatic N) is 4. The summed E-state index contributed by atoms with van der Waals surface area (Å²) in [4.78, 5) is 71.5. The number of benzene rings is 1. The number of ether oxygens (including phenoxy) is 3. The van der Waals surface area contributed by atoms with Crippen molar-refractivity contribution in [3.05, 3.63) is 35.9 Å². The van der Waals surface area contributed by atoms with Crippen molar-refractivity contribution in [2.45, 2.75) is 174 Å². The van der Waals surface area contributed by atoms with E-state index in [4.69, 9.17) is 19.9 Å². The van der Waals surface area contributed by atoms with Crippen LogP contribution in [-0.2, 0) is 35.2 Å². The Morgan fingerprint density at radius 2 is 1.12 bits per heavy atom. The van der Waals surface area contributed by atoms with E-state index >= 15 is 0 Å². The molecule has 4 unspecified atom stereocenters. The van der Waals surface area contributed by atoms with Crippen LogP contribution >= 0.6 is 0 Å². The molecule has 2 spiro atoms. The zero-order chi connectivity index (χ0) is 43.3. The third-order valence-corrected chi connectivity index (χ3v) is 13.7. The van der Waals surface area contributed by atoms with Crippen LogP contribution in [0.2, 0.25) is 0 Å². The standard InChI is InChI=1S/C28H40N2O5.C19H33N3O3/c1-27(2,3)35-26(33)29-15-11-23(12-16-29)30-17-14-28(25(30)32)13-7-10-22(19-28)18-24(31)34-20-21-8-5-4-6-9-21;1-18(2,3)25-17(24)21-10-6-15(7-11-21)22-12-9-19(16(22)23)8-4-5-14(20)13-19/h4-6,8-9,22-23H,7,10-20H2,1-3H3;14-15H,4-13,20H2,1-3H3. The van der Waals surface area contributed by atoms with Gasteiger partial charge in [0.1, 0.15) is 17.8 Å². The van der Waals surface area contributed by atoms with Crippen LogP contribution in [-0.4, -0.2) is 118 Å². The van der Waals surface area contributed by atoms with Crippen LogP contribution in [0.1, 0.15) is 143 Å². The Morgan fingerprint density at radius 3 is 1.58 bits per heavy atom. The molecule has 1 aromatic rings. The number of nitrogens with two attached hydrogens (primary N) is 1. The molecule has 4 heterocycles. The fourth-order valence-electron chi connectivity index (χ4n) is 10.7. The highest BCUT2D eigenvalue weighted by molar-refractivity contribution is 5.86. The van der Waals surface area contributed by atoms with E-state index in [0.29, 0.717) is 45.1 Å². The molecule has 60 heavy (non-hydrogen) atoms. The Bertz CT molecular complexity index is 1660. The molecule has 0 aromatic heterocycles. The van der Waals surface area contributed by atoms with Crippen LogP contribution in [0.3, 0.4) is 0 Å². The molecule has 4 saturated heterocycles. The summed E-state index contributed by atoms with van der Waals surface area (Å²) < 4.78 is 16.5. The highest BCUT2D eigenvalue weighted by atomic mass is 16.6. The Hall–Kier alpha value is -3.87. The lowest BCUT2D eigenvalue weighted by atomic mass is 9.68. The molecule has 2 N–H and O–H groups in total. The van der Waals surface area contributed by atoms with E-state index in [1.54, 1.807) is 9.80 Å². The number of esters is 1. The van der Waals surface area contributed by atoms with Gasteiger partial charge in [0.05, 0.1) is 10.8 Å². The average Bonchev–Trinajstić information content (AvgIpc) is 3.67. The number of carbonyl (C=O) groups is 5. The topological polar surface area (TPSA) is 152 Å². The number of hydrogen-bond donors (Lipinski definition) is 1. The first-order valence-electron chi connectivity index (χ1n) is 22.9. The summed E-state index contributed by atoms with van der Waals surface area (Å²) in [5.74, 6) is 0.603. The molecule has 6 fully saturated rings. The largest absolute Gasteiger partial charge is 0.461 e. The van der Waals surface area contributed by atoms with Gasteiger partial charge in [-0.3, -0.25) is 14.4 Å². The zero-order valence-electron chi connectivity index (χ0n) is 37.4. The highest BCUT2D eigenvalue weighted by Crippen LogP contribution is 2.49. The second kappa shape index (κ2) is 19.0. The first kappa shape index (κ1) is 45.7. The smallest absolute Gasteiger partial charge is 0.410 e. The summed E-state index contributed by atoms with van der Waals surface area (Å²) in [7, 11) is 0. The molecule has 4 atom stereocenters. The average molecular weight is 836 g/mol. The van der Waals surface area contributed by atoms with Crippen molar-refractivity contribution in [1.82, 2.24) is 19.6 Å². The second-order valence-electron chi connectivity index (χ2n) is 20.6. The number of hydrogen-bond acceptors (Lipinski definition) is 9. The summed E-state index contributed by atoms with van der Waals surface area (Å²) in [5, 5.41) is 0. The fraction of sp³-hybridized carbons (Fsp3) is 0.766. The molecule has 0 bridgehead atoms. The van der Waals surface area contributed by atoms with Gasteiger partial charge in [-0.1, -0.05) is 43.2 Å². The van der Waals surface area contributed by atoms with E-state index in [-0.39, 0.29) is 58.9 Å². The third-order valence-electron chi connectivity index (χ3n) is 13.7. The van der Waals surface area contributed by atoms with E-state index in [1.165, 1.54) is 0 Å². The molecule has 1 aromatic carbocycles. The van der Waals surface area contributed by atoms with Crippen LogP contribution in [0.5, 0.6) is 0 Å². The van der Waals surface area contributed by atoms with Crippen LogP contribution in [0.15, 0.2) is 30.3 Å². The molecule has 334 valence electrons. The van der Waals surface area contributed by atoms with Crippen molar-refractivity contribution >= 4 is 30.0 Å². The quantitative estimate of drug-likeness (QED) is 0.228. The monoisotopic (exact) mass is 836 g/mol. The minimum absolute atomic E-state index is 0.173. The highest BCUT2D eigenvalue weighted by Gasteiger charge is 2.52. The van der Waals surface area contributed by atoms with Gasteiger partial charge < -0.3 is 39.5 Å². The Labute approximate surface area is 358 Å². The van der Waals surface area contributed by atoms with Gasteiger partial charge >= 0.3 is 18.2 Å². The SMILES string of the molecule is CC(C)(C)OC(=O)N1CCC(N2CCC3(CCCC(CC(=O)OCc4ccccc4)C3)C2=O)CC1.CC(C)(C)OC(=O)N1CCC(N2CCC3(CCCC(N)C3)C2=O)CC1. The number of rotatable bonds is 6. The van der Waals surface area contributed by atoms with Crippen molar-refractivity contribution < 1.29 is 38.2 Å². The predicted octanol–water partition coefficient (Wildman–Crippen LogP) is 7.43. The molecule has 2 aliphatic carbocycles. The Balaban J connectivity index is 0.000000213. The first-order chi connectivity index (χ1) is 28.4. The van der Waals surface area contributed by atoms with Crippen LogP contribution in [0.25, 0.3) is 0 Å². The summed E-state index contributed by atoms with van der Waals surface area (Å²) >= 11 is 0. The van der Waals surface area contributed by atoms with Gasteiger partial charge in [0.25, 0.3) is 0 Å². The molecule has 4 amide bonds. The summed E-state index contributed by atoms with van der Waals surface area (Å²) in [6.07, 6.45) is 12.5. The van der Waals surface area contributed by atoms with Gasteiger partial charge in [-0.05, 0) is 130 Å². The van der Waals surface area contributed by atoms with Gasteiger partial charge in [0.2, 0.25) is 11.8 Å². The van der Waals surface area contributed by atoms with Crippen LogP contribution in [0.4, 0.5) is 9.59 Å². The zero-order valence-corrected chi connectivity index (χ0v) is 37.4. The molecule has 4 aliphatic heterocycles. The van der Waals surface area contributed by atoms with E-state index < -0.39 is 11.2 Å². The number of piperidine rings is 2. The molecule has 2 saturated carbocycles. The molecular weight excluding hydrogens is 763 g/mol. The molecule has 13 nitrogen and oxygen atoms in total. The summed E-state index contributed by atoms with van der Waals surface area (Å²) in [6, 6.07) is 10.3. The van der Waals surface area contributed by atoms with Gasteiger partial charge in [0, 0.05) is 63.8 Å². The predicted molar refractivity (Wildman–Crippen MR) is 228 cm³/mol. The maximum Gasteiger partial charge on any atom is 0.410 e. The van der Waals surface area contributed by atoms with Crippen molar-refractivity contribution in [3.8, 4) is 0 Å². The van der Waals surface area contributed by atoms with E-state index in [1.807, 2.05) is 71.9 Å². The lowest BCUT2D eigenvalue weighted by Gasteiger charge is -2.40. The fourth-order valence-corrected chi connectivity index (χ4v) is 10.7. The molecule has 7 rings (SSSR count). The van der Waals surface area contributed by atoms with E-state index in [0.717, 1.165) is 109 Å². The minimum Gasteiger partial charge on any atom is -0.461 e. The van der Waals surface area contributed by atoms with Crippen LogP contribution < -0.4 is 5.73 Å². The number of carbonyl (C=O) groups excluding carboxylic acids is 5. The van der Waals surface area contributed by atoms with Crippen molar-refractivity contribution in [2.24, 2.45) is 22.5 Å². The molecule has 13 heteroatoms. The van der Waals surface area contributed by atoms with Crippen molar-refractivity contribution in [1.29, 1.82) is 0 Å². The maximum absolute atomic E-state index is 13.6. The first-order valence-corrected chi connectivity index (χ1v) is 22.9. The van der Waals surface area contributed by atoms with Gasteiger partial charge in [-0.15, -0.1) is 0 Å². The summed E-state index contributed by atoms with van der Waals surface area (Å²) in [6.45, 7) is 15.8. The molecule has 6 aliphatic rings. The number of amides is 4. The van der Waals surface area contributed by atoms with E-state index in [2.05, 4.69) is 9.80 Å². The molecular formula is C47H73N5O8. The van der Waals surface area contributed by atoms with Crippen molar-refractivity contribution in [2.75, 3.05) is 39.3 Å². The van der Waals surface area contributed by atoms with Gasteiger partial charge in [-0.25, -0.2) is 9.59 Å². The number of likely N-dealkylation sites (tertiary alicyclic amines) is 4. The normalized spacial score (nSPS) is 28.2. The van der Waals surface area contributed by atoms with Gasteiger partial charge in [0.15, 0.2) is 0 Å². The lowest BCUT2D eigenvalue weighted by molar-refractivity contribution is -0.148. The van der Waals surface area contributed by atoms with Crippen LogP contribution in [0, 0.1) is 16.7 Å². The third kappa shape index (κ3) is 11.5. The minimum atomic E-state index is -0.503. The lowest BCUT2D eigenvalue weighted by Crippen LogP contribution is -2.50. The second-order valence-corrected chi connectivity index (χ2v) is 20.6.